The summed E-state index contributed by atoms with van der Waals surface area (Å²) in [5, 5.41) is 0. The van der Waals surface area contributed by atoms with Crippen LogP contribution >= 0.6 is 0 Å². The van der Waals surface area contributed by atoms with E-state index in [4.69, 9.17) is 0 Å². The number of unbranched alkanes of at least 4 members (excludes halogenated alkanes) is 15. The van der Waals surface area contributed by atoms with Crippen molar-refractivity contribution in [3.63, 3.8) is 0 Å². The van der Waals surface area contributed by atoms with Crippen molar-refractivity contribution in [2.45, 2.75) is 117 Å². The van der Waals surface area contributed by atoms with Gasteiger partial charge in [0.1, 0.15) is 0 Å². The van der Waals surface area contributed by atoms with Gasteiger partial charge in [0.2, 0.25) is 0 Å². The number of rotatable bonds is 19. The molecule has 1 saturated heterocycles. The van der Waals surface area contributed by atoms with Crippen molar-refractivity contribution >= 4 is 10.1 Å². The standard InChI is InChI=1S/C25H51NO3S/c1-4-5-6-7-8-9-10-11-12-13-14-15-16-17-18-19-20-26(3)21-24(2)25(22-26)23-30(27,28)29/h24-25H,4-23H2,1-3H3. The molecule has 0 aliphatic carbocycles. The minimum Gasteiger partial charge on any atom is -0.748 e. The zero-order chi connectivity index (χ0) is 22.3. The van der Waals surface area contributed by atoms with Crippen molar-refractivity contribution < 1.29 is 17.5 Å². The molecule has 0 aromatic carbocycles. The molecule has 4 nitrogen and oxygen atoms in total. The molecular weight excluding hydrogens is 394 g/mol. The molecule has 180 valence electrons. The number of nitrogens with zero attached hydrogens (tertiary/aromatic N) is 1. The maximum absolute atomic E-state index is 11.1. The van der Waals surface area contributed by atoms with E-state index in [2.05, 4.69) is 20.9 Å². The fourth-order valence-corrected chi connectivity index (χ4v) is 6.33. The van der Waals surface area contributed by atoms with Crippen molar-refractivity contribution in [1.29, 1.82) is 0 Å². The van der Waals surface area contributed by atoms with Crippen LogP contribution in [0.25, 0.3) is 0 Å². The lowest BCUT2D eigenvalue weighted by molar-refractivity contribution is -0.900. The lowest BCUT2D eigenvalue weighted by Crippen LogP contribution is -2.43. The fraction of sp³-hybridized carbons (Fsp3) is 1.00. The molecule has 1 aliphatic rings. The van der Waals surface area contributed by atoms with Crippen molar-refractivity contribution in [3.05, 3.63) is 0 Å². The van der Waals surface area contributed by atoms with Crippen LogP contribution in [0.3, 0.4) is 0 Å². The first kappa shape index (κ1) is 27.9. The van der Waals surface area contributed by atoms with Gasteiger partial charge < -0.3 is 9.04 Å². The van der Waals surface area contributed by atoms with Crippen LogP contribution in [-0.4, -0.2) is 49.9 Å². The Hall–Kier alpha value is -0.130. The second-order valence-corrected chi connectivity index (χ2v) is 11.9. The highest BCUT2D eigenvalue weighted by atomic mass is 32.2. The van der Waals surface area contributed by atoms with E-state index in [-0.39, 0.29) is 11.7 Å². The maximum atomic E-state index is 11.1. The van der Waals surface area contributed by atoms with Gasteiger partial charge in [0, 0.05) is 17.6 Å². The molecule has 0 spiro atoms. The van der Waals surface area contributed by atoms with Crippen molar-refractivity contribution in [1.82, 2.24) is 0 Å². The Morgan fingerprint density at radius 3 is 1.53 bits per heavy atom. The Balaban J connectivity index is 1.91. The molecule has 0 radical (unpaired) electrons. The van der Waals surface area contributed by atoms with E-state index in [0.29, 0.717) is 5.92 Å². The van der Waals surface area contributed by atoms with Crippen LogP contribution in [0.5, 0.6) is 0 Å². The molecule has 1 heterocycles. The van der Waals surface area contributed by atoms with E-state index in [1.165, 1.54) is 103 Å². The van der Waals surface area contributed by atoms with Crippen LogP contribution in [0, 0.1) is 11.8 Å². The average molecular weight is 446 g/mol. The topological polar surface area (TPSA) is 57.2 Å². The Labute approximate surface area is 188 Å². The Kier molecular flexibility index (Phi) is 14.5. The summed E-state index contributed by atoms with van der Waals surface area (Å²) in [5.74, 6) is 0.194. The quantitative estimate of drug-likeness (QED) is 0.129. The van der Waals surface area contributed by atoms with Crippen molar-refractivity contribution in [2.24, 2.45) is 11.8 Å². The highest BCUT2D eigenvalue weighted by molar-refractivity contribution is 7.85. The van der Waals surface area contributed by atoms with E-state index in [0.717, 1.165) is 24.1 Å². The molecule has 0 aromatic heterocycles. The molecule has 0 amide bonds. The molecule has 1 rings (SSSR count). The molecule has 0 N–H and O–H groups in total. The highest BCUT2D eigenvalue weighted by Crippen LogP contribution is 2.29. The largest absolute Gasteiger partial charge is 0.748 e. The maximum Gasteiger partial charge on any atom is 0.0951 e. The third-order valence-electron chi connectivity index (χ3n) is 7.18. The second-order valence-electron chi connectivity index (χ2n) is 10.5. The van der Waals surface area contributed by atoms with Crippen molar-refractivity contribution in [3.8, 4) is 0 Å². The third-order valence-corrected chi connectivity index (χ3v) is 8.01. The van der Waals surface area contributed by atoms with Gasteiger partial charge in [-0.1, -0.05) is 104 Å². The van der Waals surface area contributed by atoms with Gasteiger partial charge in [0.05, 0.1) is 36.8 Å². The molecule has 0 bridgehead atoms. The first-order valence-electron chi connectivity index (χ1n) is 13.0. The SMILES string of the molecule is CCCCCCCCCCCCCCCCCC[N+]1(C)CC(C)C(CS(=O)(=O)[O-])C1. The number of hydrogen-bond donors (Lipinski definition) is 0. The van der Waals surface area contributed by atoms with E-state index >= 15 is 0 Å². The monoisotopic (exact) mass is 445 g/mol. The van der Waals surface area contributed by atoms with Crippen LogP contribution in [0.15, 0.2) is 0 Å². The molecule has 0 saturated carbocycles. The van der Waals surface area contributed by atoms with Crippen LogP contribution in [0.1, 0.15) is 117 Å². The van der Waals surface area contributed by atoms with Gasteiger partial charge in [-0.15, -0.1) is 0 Å². The molecule has 1 aliphatic heterocycles. The normalized spacial score (nSPS) is 24.5. The van der Waals surface area contributed by atoms with Crippen LogP contribution in [0.2, 0.25) is 0 Å². The third kappa shape index (κ3) is 14.0. The lowest BCUT2D eigenvalue weighted by Gasteiger charge is -2.30. The van der Waals surface area contributed by atoms with Gasteiger partial charge in [0.15, 0.2) is 0 Å². The number of likely N-dealkylation sites (tertiary alicyclic amines) is 1. The van der Waals surface area contributed by atoms with E-state index in [9.17, 15) is 13.0 Å². The molecule has 5 heteroatoms. The average Bonchev–Trinajstić information content (AvgIpc) is 2.93. The highest BCUT2D eigenvalue weighted by Gasteiger charge is 2.40. The summed E-state index contributed by atoms with van der Waals surface area (Å²) in [5.41, 5.74) is 0. The summed E-state index contributed by atoms with van der Waals surface area (Å²) in [4.78, 5) is 0. The summed E-state index contributed by atoms with van der Waals surface area (Å²) in [6.07, 6.45) is 22.1. The van der Waals surface area contributed by atoms with Crippen LogP contribution in [-0.2, 0) is 10.1 Å². The van der Waals surface area contributed by atoms with E-state index in [1.54, 1.807) is 0 Å². The predicted molar refractivity (Wildman–Crippen MR) is 128 cm³/mol. The van der Waals surface area contributed by atoms with Crippen LogP contribution < -0.4 is 0 Å². The minimum absolute atomic E-state index is 0.0403. The lowest BCUT2D eigenvalue weighted by atomic mass is 10.0. The first-order valence-corrected chi connectivity index (χ1v) is 14.6. The second kappa shape index (κ2) is 15.6. The molecule has 0 aromatic rings. The van der Waals surface area contributed by atoms with Crippen molar-refractivity contribution in [2.75, 3.05) is 32.4 Å². The van der Waals surface area contributed by atoms with E-state index < -0.39 is 10.1 Å². The zero-order valence-electron chi connectivity index (χ0n) is 20.4. The summed E-state index contributed by atoms with van der Waals surface area (Å²) in [6.45, 7) is 7.37. The summed E-state index contributed by atoms with van der Waals surface area (Å²) >= 11 is 0. The fourth-order valence-electron chi connectivity index (χ4n) is 5.37. The Morgan fingerprint density at radius 2 is 1.13 bits per heavy atom. The predicted octanol–water partition coefficient (Wildman–Crippen LogP) is 6.51. The summed E-state index contributed by atoms with van der Waals surface area (Å²) < 4.78 is 34.2. The first-order chi connectivity index (χ1) is 14.3. The van der Waals surface area contributed by atoms with E-state index in [1.807, 2.05) is 0 Å². The number of quaternary nitrogens is 1. The minimum atomic E-state index is -4.10. The smallest absolute Gasteiger partial charge is 0.0951 e. The van der Waals surface area contributed by atoms with Gasteiger partial charge in [-0.25, -0.2) is 8.42 Å². The summed E-state index contributed by atoms with van der Waals surface area (Å²) in [6, 6.07) is 0. The molecular formula is C25H51NO3S. The molecule has 3 unspecified atom stereocenters. The molecule has 1 fully saturated rings. The van der Waals surface area contributed by atoms with Gasteiger partial charge in [-0.3, -0.25) is 0 Å². The summed E-state index contributed by atoms with van der Waals surface area (Å²) in [7, 11) is -1.87. The van der Waals surface area contributed by atoms with Gasteiger partial charge in [-0.2, -0.15) is 0 Å². The van der Waals surface area contributed by atoms with Crippen LogP contribution in [0.4, 0.5) is 0 Å². The molecule has 3 atom stereocenters. The molecule has 30 heavy (non-hydrogen) atoms. The van der Waals surface area contributed by atoms with Gasteiger partial charge in [-0.05, 0) is 12.8 Å². The number of hydrogen-bond acceptors (Lipinski definition) is 3. The Bertz CT molecular complexity index is 522. The van der Waals surface area contributed by atoms with Gasteiger partial charge in [0.25, 0.3) is 0 Å². The zero-order valence-corrected chi connectivity index (χ0v) is 21.2. The Morgan fingerprint density at radius 1 is 0.733 bits per heavy atom. The van der Waals surface area contributed by atoms with Gasteiger partial charge >= 0.3 is 0 Å².